The summed E-state index contributed by atoms with van der Waals surface area (Å²) in [6, 6.07) is 8.14. The minimum absolute atomic E-state index is 0.204. The van der Waals surface area contributed by atoms with Gasteiger partial charge in [-0.1, -0.05) is 18.2 Å². The van der Waals surface area contributed by atoms with Crippen LogP contribution >= 0.6 is 0 Å². The number of rotatable bonds is 5. The zero-order chi connectivity index (χ0) is 13.0. The minimum atomic E-state index is -3.45. The number of hydrogen-bond donors (Lipinski definition) is 1. The highest BCUT2D eigenvalue weighted by atomic mass is 32.2. The van der Waals surface area contributed by atoms with Gasteiger partial charge >= 0.3 is 0 Å². The molecular formula is C12H15N3O2S. The highest BCUT2D eigenvalue weighted by molar-refractivity contribution is 7.89. The van der Waals surface area contributed by atoms with Gasteiger partial charge < -0.3 is 4.57 Å². The molecule has 18 heavy (non-hydrogen) atoms. The van der Waals surface area contributed by atoms with E-state index in [4.69, 9.17) is 0 Å². The largest absolute Gasteiger partial charge is 0.336 e. The maximum Gasteiger partial charge on any atom is 0.240 e. The minimum Gasteiger partial charge on any atom is -0.336 e. The Balaban J connectivity index is 2.05. The van der Waals surface area contributed by atoms with Crippen molar-refractivity contribution in [3.8, 4) is 0 Å². The van der Waals surface area contributed by atoms with Crippen molar-refractivity contribution < 1.29 is 8.42 Å². The van der Waals surface area contributed by atoms with Crippen LogP contribution in [0.25, 0.3) is 0 Å². The van der Waals surface area contributed by atoms with Crippen molar-refractivity contribution in [2.24, 2.45) is 0 Å². The van der Waals surface area contributed by atoms with Crippen molar-refractivity contribution in [3.63, 3.8) is 0 Å². The van der Waals surface area contributed by atoms with Crippen LogP contribution in [0, 0.1) is 0 Å². The summed E-state index contributed by atoms with van der Waals surface area (Å²) in [4.78, 5) is 4.20. The molecule has 0 radical (unpaired) electrons. The second kappa shape index (κ2) is 5.32. The van der Waals surface area contributed by atoms with Crippen molar-refractivity contribution in [3.05, 3.63) is 49.1 Å². The molecule has 2 aromatic rings. The molecule has 0 aliphatic heterocycles. The highest BCUT2D eigenvalue weighted by Gasteiger charge is 2.16. The molecule has 96 valence electrons. The molecule has 1 N–H and O–H groups in total. The lowest BCUT2D eigenvalue weighted by molar-refractivity contribution is 0.520. The first-order chi connectivity index (χ1) is 8.58. The molecule has 0 saturated carbocycles. The number of sulfonamides is 1. The number of benzene rings is 1. The van der Waals surface area contributed by atoms with Gasteiger partial charge in [0.1, 0.15) is 0 Å². The molecular weight excluding hydrogens is 250 g/mol. The van der Waals surface area contributed by atoms with E-state index >= 15 is 0 Å². The lowest BCUT2D eigenvalue weighted by Gasteiger charge is -2.14. The lowest BCUT2D eigenvalue weighted by atomic mass is 10.4. The quantitative estimate of drug-likeness (QED) is 0.885. The SMILES string of the molecule is C[C@H](Cn1ccnc1)NS(=O)(=O)c1ccccc1. The molecule has 0 amide bonds. The number of nitrogens with zero attached hydrogens (tertiary/aromatic N) is 2. The van der Waals surface area contributed by atoms with E-state index in [1.807, 2.05) is 11.5 Å². The maximum absolute atomic E-state index is 12.0. The van der Waals surface area contributed by atoms with Gasteiger partial charge in [0.2, 0.25) is 10.0 Å². The van der Waals surface area contributed by atoms with E-state index in [2.05, 4.69) is 9.71 Å². The Morgan fingerprint density at radius 1 is 1.33 bits per heavy atom. The highest BCUT2D eigenvalue weighted by Crippen LogP contribution is 2.08. The lowest BCUT2D eigenvalue weighted by Crippen LogP contribution is -2.35. The predicted molar refractivity (Wildman–Crippen MR) is 68.5 cm³/mol. The topological polar surface area (TPSA) is 64.0 Å². The number of aromatic nitrogens is 2. The monoisotopic (exact) mass is 265 g/mol. The molecule has 0 fully saturated rings. The second-order valence-corrected chi connectivity index (χ2v) is 5.81. The molecule has 2 rings (SSSR count). The summed E-state index contributed by atoms with van der Waals surface area (Å²) >= 11 is 0. The van der Waals surface area contributed by atoms with Crippen molar-refractivity contribution in [1.82, 2.24) is 14.3 Å². The van der Waals surface area contributed by atoms with E-state index in [-0.39, 0.29) is 10.9 Å². The zero-order valence-electron chi connectivity index (χ0n) is 10.0. The molecule has 5 nitrogen and oxygen atoms in total. The standard InChI is InChI=1S/C12H15N3O2S/c1-11(9-15-8-7-13-10-15)14-18(16,17)12-5-3-2-4-6-12/h2-8,10-11,14H,9H2,1H3/t11-/m1/s1. The number of nitrogens with one attached hydrogen (secondary N) is 1. The Bertz CT molecular complexity index is 579. The Kier molecular flexibility index (Phi) is 3.78. The number of imidazole rings is 1. The van der Waals surface area contributed by atoms with Gasteiger partial charge in [0.25, 0.3) is 0 Å². The molecule has 0 unspecified atom stereocenters. The Labute approximate surface area is 107 Å². The summed E-state index contributed by atoms with van der Waals surface area (Å²) < 4.78 is 28.5. The summed E-state index contributed by atoms with van der Waals surface area (Å²) in [7, 11) is -3.45. The maximum atomic E-state index is 12.0. The Hall–Kier alpha value is -1.66. The van der Waals surface area contributed by atoms with E-state index in [0.717, 1.165) is 0 Å². The third-order valence-corrected chi connectivity index (χ3v) is 4.06. The molecule has 0 aliphatic rings. The van der Waals surface area contributed by atoms with Crippen LogP contribution < -0.4 is 4.72 Å². The Morgan fingerprint density at radius 3 is 2.67 bits per heavy atom. The molecule has 0 saturated heterocycles. The van der Waals surface area contributed by atoms with Gasteiger partial charge in [0.15, 0.2) is 0 Å². The summed E-state index contributed by atoms with van der Waals surface area (Å²) in [6.45, 7) is 2.37. The molecule has 1 atom stereocenters. The van der Waals surface area contributed by atoms with Crippen LogP contribution in [0.5, 0.6) is 0 Å². The third kappa shape index (κ3) is 3.18. The molecule has 1 heterocycles. The van der Waals surface area contributed by atoms with E-state index in [1.165, 1.54) is 0 Å². The van der Waals surface area contributed by atoms with Crippen LogP contribution in [0.3, 0.4) is 0 Å². The smallest absolute Gasteiger partial charge is 0.240 e. The number of hydrogen-bond acceptors (Lipinski definition) is 3. The van der Waals surface area contributed by atoms with E-state index in [0.29, 0.717) is 6.54 Å². The van der Waals surface area contributed by atoms with Crippen molar-refractivity contribution in [2.45, 2.75) is 24.4 Å². The first-order valence-electron chi connectivity index (χ1n) is 5.61. The van der Waals surface area contributed by atoms with Gasteiger partial charge in [-0.2, -0.15) is 0 Å². The normalized spacial score (nSPS) is 13.4. The second-order valence-electron chi connectivity index (χ2n) is 4.09. The fraction of sp³-hybridized carbons (Fsp3) is 0.250. The zero-order valence-corrected chi connectivity index (χ0v) is 10.8. The summed E-state index contributed by atoms with van der Waals surface area (Å²) in [5.74, 6) is 0. The molecule has 0 bridgehead atoms. The van der Waals surface area contributed by atoms with Gasteiger partial charge in [0.05, 0.1) is 11.2 Å². The summed E-state index contributed by atoms with van der Waals surface area (Å²) in [5, 5.41) is 0. The van der Waals surface area contributed by atoms with Crippen LogP contribution in [0.15, 0.2) is 53.9 Å². The predicted octanol–water partition coefficient (Wildman–Crippen LogP) is 1.25. The van der Waals surface area contributed by atoms with Crippen LogP contribution in [0.2, 0.25) is 0 Å². The average Bonchev–Trinajstić information content (AvgIpc) is 2.82. The fourth-order valence-corrected chi connectivity index (χ4v) is 2.94. The van der Waals surface area contributed by atoms with Crippen LogP contribution in [0.1, 0.15) is 6.92 Å². The van der Waals surface area contributed by atoms with E-state index in [9.17, 15) is 8.42 Å². The van der Waals surface area contributed by atoms with Gasteiger partial charge in [-0.05, 0) is 19.1 Å². The first kappa shape index (κ1) is 12.8. The first-order valence-corrected chi connectivity index (χ1v) is 7.09. The average molecular weight is 265 g/mol. The van der Waals surface area contributed by atoms with Crippen LogP contribution in [-0.4, -0.2) is 24.0 Å². The van der Waals surface area contributed by atoms with Gasteiger partial charge in [-0.3, -0.25) is 0 Å². The molecule has 0 aliphatic carbocycles. The van der Waals surface area contributed by atoms with Crippen molar-refractivity contribution >= 4 is 10.0 Å². The van der Waals surface area contributed by atoms with Gasteiger partial charge in [-0.15, -0.1) is 0 Å². The molecule has 0 spiro atoms. The van der Waals surface area contributed by atoms with Crippen molar-refractivity contribution in [2.75, 3.05) is 0 Å². The van der Waals surface area contributed by atoms with Gasteiger partial charge in [-0.25, -0.2) is 18.1 Å². The summed E-state index contributed by atoms with van der Waals surface area (Å²) in [6.07, 6.45) is 5.12. The molecule has 1 aromatic carbocycles. The van der Waals surface area contributed by atoms with E-state index < -0.39 is 10.0 Å². The van der Waals surface area contributed by atoms with Crippen LogP contribution in [-0.2, 0) is 16.6 Å². The fourth-order valence-electron chi connectivity index (χ4n) is 1.68. The van der Waals surface area contributed by atoms with Crippen LogP contribution in [0.4, 0.5) is 0 Å². The third-order valence-electron chi connectivity index (χ3n) is 2.45. The Morgan fingerprint density at radius 2 is 2.06 bits per heavy atom. The van der Waals surface area contributed by atoms with E-state index in [1.54, 1.807) is 49.1 Å². The van der Waals surface area contributed by atoms with Crippen molar-refractivity contribution in [1.29, 1.82) is 0 Å². The summed E-state index contributed by atoms with van der Waals surface area (Å²) in [5.41, 5.74) is 0. The molecule has 1 aromatic heterocycles. The molecule has 6 heteroatoms. The van der Waals surface area contributed by atoms with Gasteiger partial charge in [0, 0.05) is 25.0 Å².